The molecule has 0 aromatic heterocycles. The van der Waals surface area contributed by atoms with Gasteiger partial charge in [-0.3, -0.25) is 9.59 Å². The molecule has 0 bridgehead atoms. The topological polar surface area (TPSA) is 66.4 Å². The molecule has 0 fully saturated rings. The van der Waals surface area contributed by atoms with E-state index in [4.69, 9.17) is 0 Å². The molecule has 2 N–H and O–H groups in total. The van der Waals surface area contributed by atoms with Gasteiger partial charge in [0.05, 0.1) is 6.10 Å². The number of hydrogen-bond acceptors (Lipinski definition) is 3. The van der Waals surface area contributed by atoms with Crippen molar-refractivity contribution >= 4 is 11.7 Å². The van der Waals surface area contributed by atoms with Crippen LogP contribution in [0.1, 0.15) is 290 Å². The van der Waals surface area contributed by atoms with Crippen LogP contribution in [0.15, 0.2) is 0 Å². The molecule has 0 aliphatic heterocycles. The summed E-state index contributed by atoms with van der Waals surface area (Å²) in [6.07, 6.45) is 54.0. The van der Waals surface area contributed by atoms with E-state index in [0.29, 0.717) is 18.7 Å². The second kappa shape index (κ2) is 45.5. The van der Waals surface area contributed by atoms with Gasteiger partial charge < -0.3 is 10.4 Å². The van der Waals surface area contributed by atoms with Gasteiger partial charge in [-0.1, -0.05) is 245 Å². The lowest BCUT2D eigenvalue weighted by molar-refractivity contribution is -0.121. The smallest absolute Gasteiger partial charge is 0.220 e. The van der Waals surface area contributed by atoms with Crippen molar-refractivity contribution in [2.75, 3.05) is 6.54 Å². The van der Waals surface area contributed by atoms with Crippen LogP contribution in [0.25, 0.3) is 0 Å². The Morgan fingerprint density at radius 1 is 0.358 bits per heavy atom. The molecule has 53 heavy (non-hydrogen) atoms. The molecule has 0 saturated carbocycles. The largest absolute Gasteiger partial charge is 0.391 e. The fraction of sp³-hybridized carbons (Fsp3) is 0.959. The Morgan fingerprint density at radius 3 is 0.906 bits per heavy atom. The van der Waals surface area contributed by atoms with E-state index in [-0.39, 0.29) is 5.91 Å². The van der Waals surface area contributed by atoms with Gasteiger partial charge in [-0.05, 0) is 25.7 Å². The summed E-state index contributed by atoms with van der Waals surface area (Å²) in [5.74, 6) is 0.599. The zero-order valence-corrected chi connectivity index (χ0v) is 36.5. The second-order valence-corrected chi connectivity index (χ2v) is 17.1. The summed E-state index contributed by atoms with van der Waals surface area (Å²) in [4.78, 5) is 24.4. The summed E-state index contributed by atoms with van der Waals surface area (Å²) in [6, 6.07) is 0. The lowest BCUT2D eigenvalue weighted by Gasteiger charge is -2.12. The number of aliphatic hydroxyl groups excluding tert-OH is 1. The van der Waals surface area contributed by atoms with Crippen LogP contribution in [0.4, 0.5) is 0 Å². The molecule has 4 heteroatoms. The molecule has 0 aliphatic carbocycles. The van der Waals surface area contributed by atoms with Gasteiger partial charge in [-0.15, -0.1) is 0 Å². The standard InChI is InChI=1S/C49H97NO3/c1-3-5-7-9-11-13-15-17-19-24-28-32-36-40-44-48(52)46-50-49(53)45-41-37-33-29-25-21-20-23-27-31-35-39-43-47(51)42-38-34-30-26-22-18-16-14-12-10-8-6-4-2/h48,52H,3-46H2,1-2H3,(H,50,53). The summed E-state index contributed by atoms with van der Waals surface area (Å²) in [6.45, 7) is 4.98. The van der Waals surface area contributed by atoms with Crippen LogP contribution in [0.2, 0.25) is 0 Å². The van der Waals surface area contributed by atoms with Crippen molar-refractivity contribution in [3.8, 4) is 0 Å². The van der Waals surface area contributed by atoms with Crippen molar-refractivity contribution < 1.29 is 14.7 Å². The number of aliphatic hydroxyl groups is 1. The SMILES string of the molecule is CCCCCCCCCCCCCCCCC(O)CNC(=O)CCCCCCCCCCCCCCC(=O)CCCCCCCCCCCCCCC. The van der Waals surface area contributed by atoms with Gasteiger partial charge in [0, 0.05) is 25.8 Å². The fourth-order valence-corrected chi connectivity index (χ4v) is 7.84. The van der Waals surface area contributed by atoms with Crippen molar-refractivity contribution in [1.82, 2.24) is 5.32 Å². The number of nitrogens with one attached hydrogen (secondary N) is 1. The van der Waals surface area contributed by atoms with Gasteiger partial charge in [-0.25, -0.2) is 0 Å². The highest BCUT2D eigenvalue weighted by Gasteiger charge is 2.07. The first-order chi connectivity index (χ1) is 26.1. The lowest BCUT2D eigenvalue weighted by atomic mass is 10.0. The number of rotatable bonds is 46. The Kier molecular flexibility index (Phi) is 44.7. The number of ketones is 1. The van der Waals surface area contributed by atoms with Gasteiger partial charge in [-0.2, -0.15) is 0 Å². The molecule has 0 aromatic carbocycles. The van der Waals surface area contributed by atoms with E-state index < -0.39 is 6.10 Å². The summed E-state index contributed by atoms with van der Waals surface area (Å²) < 4.78 is 0. The van der Waals surface area contributed by atoms with Gasteiger partial charge in [0.1, 0.15) is 5.78 Å². The van der Waals surface area contributed by atoms with Gasteiger partial charge in [0.25, 0.3) is 0 Å². The lowest BCUT2D eigenvalue weighted by Crippen LogP contribution is -2.31. The molecule has 0 rings (SSSR count). The van der Waals surface area contributed by atoms with Crippen LogP contribution >= 0.6 is 0 Å². The van der Waals surface area contributed by atoms with E-state index in [1.807, 2.05) is 0 Å². The maximum Gasteiger partial charge on any atom is 0.220 e. The molecule has 1 unspecified atom stereocenters. The number of amides is 1. The van der Waals surface area contributed by atoms with Crippen molar-refractivity contribution in [2.45, 2.75) is 296 Å². The van der Waals surface area contributed by atoms with E-state index in [1.54, 1.807) is 0 Å². The molecule has 0 spiro atoms. The predicted molar refractivity (Wildman–Crippen MR) is 234 cm³/mol. The van der Waals surface area contributed by atoms with E-state index in [9.17, 15) is 14.7 Å². The van der Waals surface area contributed by atoms with Crippen LogP contribution in [-0.2, 0) is 9.59 Å². The Morgan fingerprint density at radius 2 is 0.604 bits per heavy atom. The van der Waals surface area contributed by atoms with Gasteiger partial charge >= 0.3 is 0 Å². The molecule has 1 atom stereocenters. The monoisotopic (exact) mass is 748 g/mol. The minimum Gasteiger partial charge on any atom is -0.391 e. The van der Waals surface area contributed by atoms with Gasteiger partial charge in [0.2, 0.25) is 5.91 Å². The van der Waals surface area contributed by atoms with Gasteiger partial charge in [0.15, 0.2) is 0 Å². The van der Waals surface area contributed by atoms with E-state index in [1.165, 1.54) is 218 Å². The Bertz CT molecular complexity index is 725. The maximum absolute atomic E-state index is 12.2. The third-order valence-corrected chi connectivity index (χ3v) is 11.6. The second-order valence-electron chi connectivity index (χ2n) is 17.1. The summed E-state index contributed by atoms with van der Waals surface area (Å²) >= 11 is 0. The molecule has 0 radical (unpaired) electrons. The molecular weight excluding hydrogens is 651 g/mol. The Balaban J connectivity index is 3.29. The molecular formula is C49H97NO3. The summed E-state index contributed by atoms with van der Waals surface area (Å²) in [5, 5.41) is 13.2. The molecule has 4 nitrogen and oxygen atoms in total. The van der Waals surface area contributed by atoms with E-state index >= 15 is 0 Å². The third kappa shape index (κ3) is 45.4. The first-order valence-corrected chi connectivity index (χ1v) is 24.6. The third-order valence-electron chi connectivity index (χ3n) is 11.6. The number of carbonyl (C=O) groups excluding carboxylic acids is 2. The first kappa shape index (κ1) is 52.1. The average Bonchev–Trinajstić information content (AvgIpc) is 3.16. The maximum atomic E-state index is 12.2. The number of hydrogen-bond donors (Lipinski definition) is 2. The van der Waals surface area contributed by atoms with E-state index in [2.05, 4.69) is 19.2 Å². The fourth-order valence-electron chi connectivity index (χ4n) is 7.84. The van der Waals surface area contributed by atoms with Crippen molar-refractivity contribution in [3.05, 3.63) is 0 Å². The molecule has 0 aliphatic rings. The van der Waals surface area contributed by atoms with Crippen LogP contribution in [0.3, 0.4) is 0 Å². The first-order valence-electron chi connectivity index (χ1n) is 24.6. The zero-order valence-electron chi connectivity index (χ0n) is 36.5. The van der Waals surface area contributed by atoms with Crippen molar-refractivity contribution in [1.29, 1.82) is 0 Å². The minimum atomic E-state index is -0.399. The van der Waals surface area contributed by atoms with Crippen LogP contribution in [0, 0.1) is 0 Å². The molecule has 0 aromatic rings. The normalized spacial score (nSPS) is 12.1. The summed E-state index contributed by atoms with van der Waals surface area (Å²) in [5.41, 5.74) is 0. The number of unbranched alkanes of at least 4 members (excludes halogenated alkanes) is 36. The highest BCUT2D eigenvalue weighted by molar-refractivity contribution is 5.78. The molecule has 316 valence electrons. The van der Waals surface area contributed by atoms with Crippen molar-refractivity contribution in [2.24, 2.45) is 0 Å². The molecule has 0 saturated heterocycles. The molecule has 0 heterocycles. The summed E-state index contributed by atoms with van der Waals surface area (Å²) in [7, 11) is 0. The van der Waals surface area contributed by atoms with Crippen LogP contribution < -0.4 is 5.32 Å². The van der Waals surface area contributed by atoms with Crippen LogP contribution in [-0.4, -0.2) is 29.4 Å². The number of Topliss-reactive ketones (excluding diaryl/α,β-unsaturated/α-hetero) is 1. The Labute approximate surface area is 333 Å². The highest BCUT2D eigenvalue weighted by atomic mass is 16.3. The Hall–Kier alpha value is -0.900. The zero-order chi connectivity index (χ0) is 38.6. The number of carbonyl (C=O) groups is 2. The molecule has 1 amide bonds. The quantitative estimate of drug-likeness (QED) is 0.0609. The highest BCUT2D eigenvalue weighted by Crippen LogP contribution is 2.17. The minimum absolute atomic E-state index is 0.101. The predicted octanol–water partition coefficient (Wildman–Crippen LogP) is 15.8. The van der Waals surface area contributed by atoms with Crippen LogP contribution in [0.5, 0.6) is 0 Å². The van der Waals surface area contributed by atoms with E-state index in [0.717, 1.165) is 51.4 Å². The van der Waals surface area contributed by atoms with Crippen molar-refractivity contribution in [3.63, 3.8) is 0 Å². The average molecular weight is 748 g/mol.